The number of likely N-dealkylation sites (tertiary alicyclic amines) is 2. The van der Waals surface area contributed by atoms with Crippen LogP contribution in [0.15, 0.2) is 18.2 Å². The smallest absolute Gasteiger partial charge is 0.407 e. The van der Waals surface area contributed by atoms with E-state index < -0.39 is 26.1 Å². The molecule has 0 aromatic heterocycles. The van der Waals surface area contributed by atoms with Gasteiger partial charge in [-0.05, 0) is 43.0 Å². The van der Waals surface area contributed by atoms with Crippen molar-refractivity contribution in [2.45, 2.75) is 70.1 Å². The van der Waals surface area contributed by atoms with Gasteiger partial charge in [0.15, 0.2) is 0 Å². The summed E-state index contributed by atoms with van der Waals surface area (Å²) in [6.07, 6.45) is 0.806. The van der Waals surface area contributed by atoms with Crippen LogP contribution in [0.2, 0.25) is 25.7 Å². The second-order valence-corrected chi connectivity index (χ2v) is 17.0. The molecule has 2 fully saturated rings. The van der Waals surface area contributed by atoms with Gasteiger partial charge < -0.3 is 24.4 Å². The van der Waals surface area contributed by atoms with E-state index in [4.69, 9.17) is 14.6 Å². The van der Waals surface area contributed by atoms with E-state index in [1.165, 1.54) is 4.90 Å². The Labute approximate surface area is 230 Å². The highest BCUT2D eigenvalue weighted by Crippen LogP contribution is 2.31. The molecule has 1 aromatic rings. The van der Waals surface area contributed by atoms with Gasteiger partial charge in [-0.1, -0.05) is 37.5 Å². The summed E-state index contributed by atoms with van der Waals surface area (Å²) in [6, 6.07) is 5.58. The number of hydrogen-bond donors (Lipinski definition) is 1. The zero-order valence-electron chi connectivity index (χ0n) is 22.9. The molecule has 0 spiro atoms. The van der Waals surface area contributed by atoms with Crippen LogP contribution >= 0.6 is 0 Å². The van der Waals surface area contributed by atoms with E-state index in [1.54, 1.807) is 17.0 Å². The van der Waals surface area contributed by atoms with Gasteiger partial charge in [-0.2, -0.15) is 0 Å². The van der Waals surface area contributed by atoms with Gasteiger partial charge in [-0.3, -0.25) is 19.3 Å². The minimum absolute atomic E-state index is 0.0315. The number of carbonyl (C=O) groups excluding carboxylic acids is 3. The predicted octanol–water partition coefficient (Wildman–Crippen LogP) is 2.98. The van der Waals surface area contributed by atoms with Crippen LogP contribution < -0.4 is 0 Å². The molecule has 0 saturated carbocycles. The van der Waals surface area contributed by atoms with Crippen molar-refractivity contribution in [3.8, 4) is 11.8 Å². The van der Waals surface area contributed by atoms with Gasteiger partial charge in [-0.25, -0.2) is 4.79 Å². The molecule has 210 valence electrons. The van der Waals surface area contributed by atoms with Crippen LogP contribution in [-0.4, -0.2) is 96.9 Å². The Kier molecular flexibility index (Phi) is 9.10. The average Bonchev–Trinajstić information content (AvgIpc) is 3.22. The number of ether oxygens (including phenoxy) is 2. The molecule has 39 heavy (non-hydrogen) atoms. The molecule has 1 N–H and O–H groups in total. The van der Waals surface area contributed by atoms with E-state index in [0.29, 0.717) is 50.1 Å². The quantitative estimate of drug-likeness (QED) is 0.227. The number of carbonyl (C=O) groups is 4. The van der Waals surface area contributed by atoms with E-state index in [9.17, 15) is 19.2 Å². The third kappa shape index (κ3) is 7.06. The Balaban J connectivity index is 1.36. The lowest BCUT2D eigenvalue weighted by Crippen LogP contribution is -2.55. The van der Waals surface area contributed by atoms with Gasteiger partial charge in [0, 0.05) is 51.9 Å². The van der Waals surface area contributed by atoms with E-state index >= 15 is 0 Å². The highest BCUT2D eigenvalue weighted by molar-refractivity contribution is 6.76. The van der Waals surface area contributed by atoms with Gasteiger partial charge in [-0.15, -0.1) is 0 Å². The van der Waals surface area contributed by atoms with Crippen LogP contribution in [0.5, 0.6) is 0 Å². The number of amides is 4. The molecule has 10 nitrogen and oxygen atoms in total. The number of benzene rings is 1. The molecule has 1 aromatic carbocycles. The fraction of sp³-hybridized carbons (Fsp3) is 0.571. The first-order chi connectivity index (χ1) is 18.5. The SMILES string of the molecule is C[Si](C)(C)CCOCN1C(=O)CCC(N2Cc3c(C#CCOC4CCN(C(=O)O)CC4)cccc3C2=O)C1=O. The molecule has 3 aliphatic rings. The van der Waals surface area contributed by atoms with Crippen molar-refractivity contribution in [3.05, 3.63) is 34.9 Å². The standard InChI is InChI=1S/C28H37N3O7Si/c1-39(2,3)17-16-37-19-31-25(32)10-9-24(27(31)34)30-18-23-20(6-4-8-22(23)26(30)33)7-5-15-38-21-11-13-29(14-12-21)28(35)36/h4,6,8,21,24H,9-19H2,1-3H3,(H,35,36). The average molecular weight is 556 g/mol. The Morgan fingerprint density at radius 2 is 1.87 bits per heavy atom. The zero-order chi connectivity index (χ0) is 28.2. The van der Waals surface area contributed by atoms with Crippen LogP contribution in [0.1, 0.15) is 47.2 Å². The maximum atomic E-state index is 13.3. The van der Waals surface area contributed by atoms with E-state index in [0.717, 1.165) is 16.5 Å². The fourth-order valence-electron chi connectivity index (χ4n) is 5.01. The summed E-state index contributed by atoms with van der Waals surface area (Å²) in [5, 5.41) is 9.06. The molecule has 2 saturated heterocycles. The maximum Gasteiger partial charge on any atom is 0.407 e. The van der Waals surface area contributed by atoms with Gasteiger partial charge in [0.1, 0.15) is 19.4 Å². The first kappa shape index (κ1) is 28.8. The minimum atomic E-state index is -1.30. The van der Waals surface area contributed by atoms with E-state index in [2.05, 4.69) is 31.5 Å². The Bertz CT molecular complexity index is 1180. The topological polar surface area (TPSA) is 117 Å². The monoisotopic (exact) mass is 555 g/mol. The van der Waals surface area contributed by atoms with Crippen LogP contribution in [0.4, 0.5) is 4.79 Å². The summed E-state index contributed by atoms with van der Waals surface area (Å²) in [5.41, 5.74) is 2.00. The number of imide groups is 1. The summed E-state index contributed by atoms with van der Waals surface area (Å²) < 4.78 is 11.5. The van der Waals surface area contributed by atoms with Crippen LogP contribution in [0.25, 0.3) is 0 Å². The summed E-state index contributed by atoms with van der Waals surface area (Å²) in [5.74, 6) is 5.22. The van der Waals surface area contributed by atoms with E-state index in [1.807, 2.05) is 6.07 Å². The molecule has 0 radical (unpaired) electrons. The van der Waals surface area contributed by atoms with Crippen molar-refractivity contribution in [2.75, 3.05) is 33.0 Å². The fourth-order valence-corrected chi connectivity index (χ4v) is 5.76. The van der Waals surface area contributed by atoms with Crippen molar-refractivity contribution < 1.29 is 33.8 Å². The summed E-state index contributed by atoms with van der Waals surface area (Å²) in [4.78, 5) is 54.2. The molecular weight excluding hydrogens is 518 g/mol. The number of hydrogen-bond acceptors (Lipinski definition) is 6. The molecule has 0 aliphatic carbocycles. The number of rotatable bonds is 8. The van der Waals surface area contributed by atoms with E-state index in [-0.39, 0.29) is 44.2 Å². The Morgan fingerprint density at radius 1 is 1.13 bits per heavy atom. The molecule has 3 heterocycles. The third-order valence-electron chi connectivity index (χ3n) is 7.40. The second kappa shape index (κ2) is 12.3. The van der Waals surface area contributed by atoms with Crippen molar-refractivity contribution in [2.24, 2.45) is 0 Å². The number of carboxylic acid groups (broad SMARTS) is 1. The lowest BCUT2D eigenvalue weighted by Gasteiger charge is -2.35. The number of nitrogens with zero attached hydrogens (tertiary/aromatic N) is 3. The molecular formula is C28H37N3O7Si. The van der Waals surface area contributed by atoms with Crippen molar-refractivity contribution in [1.82, 2.24) is 14.7 Å². The zero-order valence-corrected chi connectivity index (χ0v) is 23.9. The van der Waals surface area contributed by atoms with Gasteiger partial charge in [0.05, 0.1) is 6.10 Å². The molecule has 1 unspecified atom stereocenters. The molecule has 3 aliphatic heterocycles. The molecule has 11 heteroatoms. The normalized spacial score (nSPS) is 20.2. The lowest BCUT2D eigenvalue weighted by atomic mass is 10.0. The van der Waals surface area contributed by atoms with Gasteiger partial charge in [0.2, 0.25) is 5.91 Å². The molecule has 1 atom stereocenters. The van der Waals surface area contributed by atoms with Gasteiger partial charge >= 0.3 is 6.09 Å². The Hall–Kier alpha value is -3.20. The van der Waals surface area contributed by atoms with Crippen molar-refractivity contribution in [3.63, 3.8) is 0 Å². The first-order valence-electron chi connectivity index (χ1n) is 13.5. The highest BCUT2D eigenvalue weighted by atomic mass is 28.3. The molecule has 0 bridgehead atoms. The molecule has 4 rings (SSSR count). The van der Waals surface area contributed by atoms with Crippen LogP contribution in [0.3, 0.4) is 0 Å². The Morgan fingerprint density at radius 3 is 2.56 bits per heavy atom. The summed E-state index contributed by atoms with van der Waals surface area (Å²) in [7, 11) is -1.30. The number of fused-ring (bicyclic) bond motifs is 1. The maximum absolute atomic E-state index is 13.3. The number of piperidine rings is 2. The largest absolute Gasteiger partial charge is 0.465 e. The molecule has 4 amide bonds. The predicted molar refractivity (Wildman–Crippen MR) is 146 cm³/mol. The summed E-state index contributed by atoms with van der Waals surface area (Å²) in [6.45, 7) is 8.48. The minimum Gasteiger partial charge on any atom is -0.465 e. The summed E-state index contributed by atoms with van der Waals surface area (Å²) >= 11 is 0. The lowest BCUT2D eigenvalue weighted by molar-refractivity contribution is -0.158. The van der Waals surface area contributed by atoms with Crippen molar-refractivity contribution in [1.29, 1.82) is 0 Å². The highest BCUT2D eigenvalue weighted by Gasteiger charge is 2.43. The van der Waals surface area contributed by atoms with Crippen molar-refractivity contribution >= 4 is 31.9 Å². The van der Waals surface area contributed by atoms with Crippen LogP contribution in [-0.2, 0) is 25.6 Å². The first-order valence-corrected chi connectivity index (χ1v) is 17.2. The third-order valence-corrected chi connectivity index (χ3v) is 9.10. The second-order valence-electron chi connectivity index (χ2n) is 11.4. The van der Waals surface area contributed by atoms with Gasteiger partial charge in [0.25, 0.3) is 11.8 Å². The van der Waals surface area contributed by atoms with Crippen LogP contribution in [0, 0.1) is 11.8 Å².